The Labute approximate surface area is 110 Å². The van der Waals surface area contributed by atoms with Gasteiger partial charge in [-0.05, 0) is 39.5 Å². The van der Waals surface area contributed by atoms with Gasteiger partial charge in [-0.1, -0.05) is 12.0 Å². The highest BCUT2D eigenvalue weighted by Crippen LogP contribution is 2.42. The van der Waals surface area contributed by atoms with Gasteiger partial charge in [-0.3, -0.25) is 4.68 Å². The van der Waals surface area contributed by atoms with E-state index in [9.17, 15) is 0 Å². The summed E-state index contributed by atoms with van der Waals surface area (Å²) >= 11 is 0. The quantitative estimate of drug-likeness (QED) is 0.734. The Hall–Kier alpha value is -1.19. The number of aromatic nitrogens is 2. The second-order valence-corrected chi connectivity index (χ2v) is 5.78. The van der Waals surface area contributed by atoms with E-state index in [1.54, 1.807) is 6.20 Å². The van der Waals surface area contributed by atoms with E-state index in [4.69, 9.17) is 7.85 Å². The van der Waals surface area contributed by atoms with Crippen molar-refractivity contribution in [3.63, 3.8) is 0 Å². The van der Waals surface area contributed by atoms with Crippen LogP contribution in [0.1, 0.15) is 44.3 Å². The molecule has 2 fully saturated rings. The minimum atomic E-state index is 0.510. The topological polar surface area (TPSA) is 21.1 Å². The molecular formula is C14H20BN3. The van der Waals surface area contributed by atoms with Crippen molar-refractivity contribution in [2.24, 2.45) is 0 Å². The van der Waals surface area contributed by atoms with Crippen molar-refractivity contribution in [3.05, 3.63) is 24.2 Å². The van der Waals surface area contributed by atoms with Crippen molar-refractivity contribution < 1.29 is 0 Å². The molecule has 3 nitrogen and oxygen atoms in total. The summed E-state index contributed by atoms with van der Waals surface area (Å²) in [6.07, 6.45) is 6.71. The van der Waals surface area contributed by atoms with Crippen LogP contribution in [0.25, 0.3) is 0 Å². The van der Waals surface area contributed by atoms with E-state index in [0.29, 0.717) is 18.1 Å². The summed E-state index contributed by atoms with van der Waals surface area (Å²) in [5.74, 6) is 0. The molecule has 2 bridgehead atoms. The maximum Gasteiger partial charge on any atom is 0.118 e. The van der Waals surface area contributed by atoms with E-state index in [0.717, 1.165) is 11.2 Å². The first-order valence-corrected chi connectivity index (χ1v) is 6.81. The fourth-order valence-corrected chi connectivity index (χ4v) is 3.78. The fourth-order valence-electron chi connectivity index (χ4n) is 3.78. The summed E-state index contributed by atoms with van der Waals surface area (Å²) in [6, 6.07) is 1.81. The predicted octanol–water partition coefficient (Wildman–Crippen LogP) is 1.69. The number of nitrogens with zero attached hydrogens (tertiary/aromatic N) is 3. The number of hydrogen-bond acceptors (Lipinski definition) is 2. The van der Waals surface area contributed by atoms with Gasteiger partial charge in [0.05, 0.1) is 6.04 Å². The van der Waals surface area contributed by atoms with Crippen molar-refractivity contribution in [2.75, 3.05) is 0 Å². The average molecular weight is 241 g/mol. The van der Waals surface area contributed by atoms with Gasteiger partial charge in [-0.2, -0.15) is 5.10 Å². The fraction of sp³-hybridized carbons (Fsp3) is 0.643. The first kappa shape index (κ1) is 11.9. The van der Waals surface area contributed by atoms with Crippen LogP contribution in [0, 0.1) is 6.92 Å². The number of piperidine rings is 1. The van der Waals surface area contributed by atoms with E-state index < -0.39 is 0 Å². The van der Waals surface area contributed by atoms with Gasteiger partial charge in [0, 0.05) is 29.7 Å². The summed E-state index contributed by atoms with van der Waals surface area (Å²) < 4.78 is 2.14. The molecule has 1 aromatic rings. The first-order valence-electron chi connectivity index (χ1n) is 6.81. The van der Waals surface area contributed by atoms with Crippen molar-refractivity contribution >= 4 is 13.3 Å². The summed E-state index contributed by atoms with van der Waals surface area (Å²) in [7, 11) is 5.90. The Bertz CT molecular complexity index is 465. The van der Waals surface area contributed by atoms with E-state index in [1.165, 1.54) is 31.4 Å². The van der Waals surface area contributed by atoms with E-state index in [-0.39, 0.29) is 0 Å². The zero-order chi connectivity index (χ0) is 12.9. The zero-order valence-electron chi connectivity index (χ0n) is 11.3. The Morgan fingerprint density at radius 2 is 1.94 bits per heavy atom. The molecule has 2 radical (unpaired) electrons. The van der Waals surface area contributed by atoms with Crippen molar-refractivity contribution in [1.82, 2.24) is 14.7 Å². The normalized spacial score (nSPS) is 30.8. The lowest BCUT2D eigenvalue weighted by Gasteiger charge is -2.41. The van der Waals surface area contributed by atoms with Gasteiger partial charge in [-0.25, -0.2) is 0 Å². The molecule has 0 saturated carbocycles. The van der Waals surface area contributed by atoms with Crippen LogP contribution in [-0.2, 0) is 0 Å². The first-order chi connectivity index (χ1) is 8.58. The zero-order valence-corrected chi connectivity index (χ0v) is 11.3. The minimum Gasteiger partial charge on any atom is -0.369 e. The Morgan fingerprint density at radius 1 is 1.33 bits per heavy atom. The van der Waals surface area contributed by atoms with Gasteiger partial charge in [0.25, 0.3) is 0 Å². The molecular weight excluding hydrogens is 221 g/mol. The van der Waals surface area contributed by atoms with Crippen molar-refractivity contribution in [3.8, 4) is 0 Å². The molecule has 4 heteroatoms. The van der Waals surface area contributed by atoms with Crippen LogP contribution in [0.5, 0.6) is 0 Å². The molecule has 2 aliphatic rings. The van der Waals surface area contributed by atoms with Crippen molar-refractivity contribution in [1.29, 1.82) is 0 Å². The summed E-state index contributed by atoms with van der Waals surface area (Å²) in [6.45, 7) is 8.32. The molecule has 0 aromatic carbocycles. The molecule has 0 aliphatic carbocycles. The lowest BCUT2D eigenvalue weighted by atomic mass is 9.95. The number of fused-ring (bicyclic) bond motifs is 2. The van der Waals surface area contributed by atoms with Crippen LogP contribution in [-0.4, -0.2) is 34.6 Å². The SMILES string of the molecule is [B]c1cnn(C2CC3CCC(C2)N3C(=C)C)c1C. The van der Waals surface area contributed by atoms with Gasteiger partial charge in [-0.15, -0.1) is 0 Å². The molecule has 94 valence electrons. The average Bonchev–Trinajstić information content (AvgIpc) is 2.79. The summed E-state index contributed by atoms with van der Waals surface area (Å²) in [5, 5.41) is 4.46. The molecule has 0 amide bonds. The molecule has 0 N–H and O–H groups in total. The minimum absolute atomic E-state index is 0.510. The molecule has 2 atom stereocenters. The molecule has 1 aromatic heterocycles. The van der Waals surface area contributed by atoms with Gasteiger partial charge < -0.3 is 4.90 Å². The summed E-state index contributed by atoms with van der Waals surface area (Å²) in [4.78, 5) is 2.53. The molecule has 2 aliphatic heterocycles. The highest BCUT2D eigenvalue weighted by Gasteiger charge is 2.41. The number of allylic oxidation sites excluding steroid dienone is 1. The molecule has 3 heterocycles. The van der Waals surface area contributed by atoms with Crippen molar-refractivity contribution in [2.45, 2.75) is 57.7 Å². The maximum atomic E-state index is 5.90. The van der Waals surface area contributed by atoms with E-state index >= 15 is 0 Å². The second kappa shape index (κ2) is 4.18. The molecule has 18 heavy (non-hydrogen) atoms. The van der Waals surface area contributed by atoms with Crippen LogP contribution in [0.4, 0.5) is 0 Å². The standard InChI is InChI=1S/C14H20BN3/c1-9(2)17-11-4-5-12(17)7-13(6-11)18-10(3)14(15)8-16-18/h8,11-13H,1,4-7H2,2-3H3. The monoisotopic (exact) mass is 241 g/mol. The van der Waals surface area contributed by atoms with Crippen LogP contribution >= 0.6 is 0 Å². The lowest BCUT2D eigenvalue weighted by molar-refractivity contribution is 0.138. The van der Waals surface area contributed by atoms with Gasteiger partial charge in [0.15, 0.2) is 0 Å². The van der Waals surface area contributed by atoms with Crippen LogP contribution in [0.3, 0.4) is 0 Å². The lowest BCUT2D eigenvalue weighted by Crippen LogP contribution is -2.42. The third-order valence-electron chi connectivity index (χ3n) is 4.58. The highest BCUT2D eigenvalue weighted by molar-refractivity contribution is 6.32. The predicted molar refractivity (Wildman–Crippen MR) is 74.1 cm³/mol. The number of hydrogen-bond donors (Lipinski definition) is 0. The van der Waals surface area contributed by atoms with Crippen LogP contribution in [0.2, 0.25) is 0 Å². The molecule has 0 spiro atoms. The maximum absolute atomic E-state index is 5.90. The van der Waals surface area contributed by atoms with Crippen LogP contribution < -0.4 is 5.46 Å². The van der Waals surface area contributed by atoms with Crippen LogP contribution in [0.15, 0.2) is 18.5 Å². The molecule has 2 unspecified atom stereocenters. The van der Waals surface area contributed by atoms with Gasteiger partial charge in [0.2, 0.25) is 0 Å². The van der Waals surface area contributed by atoms with E-state index in [2.05, 4.69) is 35.1 Å². The third-order valence-corrected chi connectivity index (χ3v) is 4.58. The largest absolute Gasteiger partial charge is 0.369 e. The Balaban J connectivity index is 1.84. The third kappa shape index (κ3) is 1.70. The molecule has 3 rings (SSSR count). The highest BCUT2D eigenvalue weighted by atomic mass is 15.3. The molecule has 2 saturated heterocycles. The Kier molecular flexibility index (Phi) is 2.76. The smallest absolute Gasteiger partial charge is 0.118 e. The van der Waals surface area contributed by atoms with Gasteiger partial charge in [0.1, 0.15) is 7.85 Å². The van der Waals surface area contributed by atoms with Gasteiger partial charge >= 0.3 is 0 Å². The summed E-state index contributed by atoms with van der Waals surface area (Å²) in [5.41, 5.74) is 3.14. The number of rotatable bonds is 2. The van der Waals surface area contributed by atoms with E-state index in [1.807, 2.05) is 0 Å². The second-order valence-electron chi connectivity index (χ2n) is 5.78. The Morgan fingerprint density at radius 3 is 2.39 bits per heavy atom.